The van der Waals surface area contributed by atoms with Crippen molar-refractivity contribution in [2.45, 2.75) is 136 Å². The summed E-state index contributed by atoms with van der Waals surface area (Å²) < 4.78 is 10.4. The summed E-state index contributed by atoms with van der Waals surface area (Å²) in [5.74, 6) is -0.345. The lowest BCUT2D eigenvalue weighted by Gasteiger charge is -2.06. The van der Waals surface area contributed by atoms with Crippen LogP contribution in [0.2, 0.25) is 0 Å². The van der Waals surface area contributed by atoms with Crippen LogP contribution in [-0.4, -0.2) is 25.2 Å². The van der Waals surface area contributed by atoms with Crippen molar-refractivity contribution in [2.75, 3.05) is 13.2 Å². The van der Waals surface area contributed by atoms with E-state index in [0.717, 1.165) is 18.4 Å². The Labute approximate surface area is 192 Å². The van der Waals surface area contributed by atoms with Crippen molar-refractivity contribution in [3.8, 4) is 0 Å². The maximum atomic E-state index is 11.7. The van der Waals surface area contributed by atoms with Crippen molar-refractivity contribution < 1.29 is 19.1 Å². The van der Waals surface area contributed by atoms with E-state index in [0.29, 0.717) is 45.3 Å². The lowest BCUT2D eigenvalue weighted by atomic mass is 10.0. The van der Waals surface area contributed by atoms with Crippen molar-refractivity contribution in [3.05, 3.63) is 12.2 Å². The molecule has 182 valence electrons. The zero-order valence-electron chi connectivity index (χ0n) is 20.7. The highest BCUT2D eigenvalue weighted by atomic mass is 16.5. The highest BCUT2D eigenvalue weighted by molar-refractivity contribution is 5.70. The molecule has 0 bridgehead atoms. The van der Waals surface area contributed by atoms with E-state index in [2.05, 4.69) is 13.5 Å². The van der Waals surface area contributed by atoms with Gasteiger partial charge >= 0.3 is 11.9 Å². The maximum absolute atomic E-state index is 11.7. The van der Waals surface area contributed by atoms with Gasteiger partial charge in [0.25, 0.3) is 0 Å². The molecule has 4 heteroatoms. The molecule has 0 aromatic carbocycles. The summed E-state index contributed by atoms with van der Waals surface area (Å²) in [5, 5.41) is 0. The van der Waals surface area contributed by atoms with Crippen LogP contribution >= 0.6 is 0 Å². The summed E-state index contributed by atoms with van der Waals surface area (Å²) in [6.07, 6.45) is 21.3. The Kier molecular flexibility index (Phi) is 22.4. The zero-order valence-corrected chi connectivity index (χ0v) is 20.7. The quantitative estimate of drug-likeness (QED) is 0.0919. The van der Waals surface area contributed by atoms with Gasteiger partial charge in [-0.05, 0) is 26.2 Å². The number of rotatable bonds is 23. The van der Waals surface area contributed by atoms with Crippen LogP contribution < -0.4 is 0 Å². The second kappa shape index (κ2) is 23.3. The first-order chi connectivity index (χ1) is 15.1. The highest BCUT2D eigenvalue weighted by Crippen LogP contribution is 2.13. The molecule has 0 spiro atoms. The number of hydrogen-bond donors (Lipinski definition) is 0. The van der Waals surface area contributed by atoms with E-state index >= 15 is 0 Å². The molecule has 0 saturated heterocycles. The molecule has 0 amide bonds. The number of carbonyl (C=O) groups excluding carboxylic acids is 2. The SMILES string of the molecule is C=C(C)CCOC(=O)CCCCC(=O)OCCCCCCCCCCCCCCCC. The van der Waals surface area contributed by atoms with E-state index in [1.54, 1.807) is 0 Å². The van der Waals surface area contributed by atoms with E-state index in [1.807, 2.05) is 6.92 Å². The van der Waals surface area contributed by atoms with Gasteiger partial charge in [-0.15, -0.1) is 6.58 Å². The molecule has 0 atom stereocenters. The Balaban J connectivity index is 3.26. The fraction of sp³-hybridized carbons (Fsp3) is 0.852. The molecule has 4 nitrogen and oxygen atoms in total. The lowest BCUT2D eigenvalue weighted by Crippen LogP contribution is -2.08. The Hall–Kier alpha value is -1.32. The predicted molar refractivity (Wildman–Crippen MR) is 130 cm³/mol. The summed E-state index contributed by atoms with van der Waals surface area (Å²) in [5.41, 5.74) is 1.01. The molecule has 0 aromatic heterocycles. The molecule has 0 fully saturated rings. The second-order valence-electron chi connectivity index (χ2n) is 8.95. The van der Waals surface area contributed by atoms with Gasteiger partial charge in [-0.25, -0.2) is 0 Å². The predicted octanol–water partition coefficient (Wildman–Crippen LogP) is 8.08. The minimum atomic E-state index is -0.197. The first kappa shape index (κ1) is 29.7. The molecule has 0 saturated carbocycles. The third-order valence-electron chi connectivity index (χ3n) is 5.56. The molecule has 31 heavy (non-hydrogen) atoms. The number of ether oxygens (including phenoxy) is 2. The van der Waals surface area contributed by atoms with Crippen LogP contribution in [0.15, 0.2) is 12.2 Å². The first-order valence-corrected chi connectivity index (χ1v) is 13.0. The summed E-state index contributed by atoms with van der Waals surface area (Å²) >= 11 is 0. The fourth-order valence-corrected chi connectivity index (χ4v) is 3.50. The summed E-state index contributed by atoms with van der Waals surface area (Å²) in [7, 11) is 0. The Morgan fingerprint density at radius 1 is 0.548 bits per heavy atom. The van der Waals surface area contributed by atoms with Crippen LogP contribution in [0.3, 0.4) is 0 Å². The van der Waals surface area contributed by atoms with Gasteiger partial charge in [0.05, 0.1) is 13.2 Å². The number of hydrogen-bond acceptors (Lipinski definition) is 4. The van der Waals surface area contributed by atoms with Gasteiger partial charge in [-0.1, -0.05) is 96.0 Å². The Morgan fingerprint density at radius 3 is 1.35 bits per heavy atom. The van der Waals surface area contributed by atoms with Gasteiger partial charge in [0.15, 0.2) is 0 Å². The third-order valence-corrected chi connectivity index (χ3v) is 5.56. The van der Waals surface area contributed by atoms with Crippen molar-refractivity contribution in [1.29, 1.82) is 0 Å². The van der Waals surface area contributed by atoms with E-state index in [9.17, 15) is 9.59 Å². The van der Waals surface area contributed by atoms with Crippen molar-refractivity contribution >= 4 is 11.9 Å². The monoisotopic (exact) mass is 438 g/mol. The smallest absolute Gasteiger partial charge is 0.305 e. The van der Waals surface area contributed by atoms with Crippen LogP contribution in [0.25, 0.3) is 0 Å². The fourth-order valence-electron chi connectivity index (χ4n) is 3.50. The van der Waals surface area contributed by atoms with E-state index < -0.39 is 0 Å². The van der Waals surface area contributed by atoms with E-state index in [-0.39, 0.29) is 11.9 Å². The average molecular weight is 439 g/mol. The van der Waals surface area contributed by atoms with Gasteiger partial charge in [0.2, 0.25) is 0 Å². The Bertz CT molecular complexity index is 445. The summed E-state index contributed by atoms with van der Waals surface area (Å²) in [6, 6.07) is 0. The van der Waals surface area contributed by atoms with Crippen molar-refractivity contribution in [2.24, 2.45) is 0 Å². The molecule has 0 heterocycles. The minimum absolute atomic E-state index is 0.148. The number of esters is 2. The molecule has 0 aliphatic heterocycles. The topological polar surface area (TPSA) is 52.6 Å². The normalized spacial score (nSPS) is 10.8. The van der Waals surface area contributed by atoms with Crippen LogP contribution in [0, 0.1) is 0 Å². The maximum Gasteiger partial charge on any atom is 0.305 e. The van der Waals surface area contributed by atoms with E-state index in [1.165, 1.54) is 77.0 Å². The van der Waals surface area contributed by atoms with Crippen LogP contribution in [0.1, 0.15) is 136 Å². The molecule has 0 unspecified atom stereocenters. The molecular formula is C27H50O4. The molecule has 0 rings (SSSR count). The molecular weight excluding hydrogens is 388 g/mol. The zero-order chi connectivity index (χ0) is 23.0. The van der Waals surface area contributed by atoms with Gasteiger partial charge in [-0.3, -0.25) is 9.59 Å². The second-order valence-corrected chi connectivity index (χ2v) is 8.95. The summed E-state index contributed by atoms with van der Waals surface area (Å²) in [4.78, 5) is 23.3. The van der Waals surface area contributed by atoms with Crippen LogP contribution in [-0.2, 0) is 19.1 Å². The third kappa shape index (κ3) is 24.8. The largest absolute Gasteiger partial charge is 0.466 e. The Morgan fingerprint density at radius 2 is 0.935 bits per heavy atom. The van der Waals surface area contributed by atoms with Crippen LogP contribution in [0.5, 0.6) is 0 Å². The van der Waals surface area contributed by atoms with Gasteiger partial charge in [0.1, 0.15) is 0 Å². The standard InChI is InChI=1S/C27H50O4/c1-4-5-6-7-8-9-10-11-12-13-14-15-16-19-23-30-26(28)20-17-18-21-27(29)31-24-22-25(2)3/h2,4-24H2,1,3H3. The molecule has 0 aromatic rings. The number of carbonyl (C=O) groups is 2. The average Bonchev–Trinajstić information content (AvgIpc) is 2.73. The van der Waals surface area contributed by atoms with E-state index in [4.69, 9.17) is 9.47 Å². The minimum Gasteiger partial charge on any atom is -0.466 e. The number of unbranched alkanes of at least 4 members (excludes halogenated alkanes) is 14. The lowest BCUT2D eigenvalue weighted by molar-refractivity contribution is -0.146. The van der Waals surface area contributed by atoms with Gasteiger partial charge in [-0.2, -0.15) is 0 Å². The molecule has 0 N–H and O–H groups in total. The highest BCUT2D eigenvalue weighted by Gasteiger charge is 2.06. The molecule has 0 aliphatic carbocycles. The van der Waals surface area contributed by atoms with Crippen LogP contribution in [0.4, 0.5) is 0 Å². The first-order valence-electron chi connectivity index (χ1n) is 13.0. The van der Waals surface area contributed by atoms with Gasteiger partial charge in [0, 0.05) is 19.3 Å². The molecule has 0 radical (unpaired) electrons. The van der Waals surface area contributed by atoms with Gasteiger partial charge < -0.3 is 9.47 Å². The van der Waals surface area contributed by atoms with Crippen molar-refractivity contribution in [1.82, 2.24) is 0 Å². The van der Waals surface area contributed by atoms with Crippen molar-refractivity contribution in [3.63, 3.8) is 0 Å². The molecule has 0 aliphatic rings. The summed E-state index contributed by atoms with van der Waals surface area (Å²) in [6.45, 7) is 8.88.